The van der Waals surface area contributed by atoms with E-state index in [-0.39, 0.29) is 5.91 Å². The van der Waals surface area contributed by atoms with E-state index in [9.17, 15) is 4.79 Å². The van der Waals surface area contributed by atoms with Crippen molar-refractivity contribution in [2.75, 3.05) is 10.6 Å². The third-order valence-electron chi connectivity index (χ3n) is 4.60. The summed E-state index contributed by atoms with van der Waals surface area (Å²) in [6, 6.07) is 14.2. The second-order valence-electron chi connectivity index (χ2n) is 6.48. The molecule has 4 aromatic rings. The van der Waals surface area contributed by atoms with Crippen LogP contribution in [0, 0.1) is 13.8 Å². The van der Waals surface area contributed by atoms with Crippen molar-refractivity contribution in [1.82, 2.24) is 15.0 Å². The fourth-order valence-electron chi connectivity index (χ4n) is 2.97. The van der Waals surface area contributed by atoms with Crippen LogP contribution in [0.5, 0.6) is 0 Å². The summed E-state index contributed by atoms with van der Waals surface area (Å²) in [4.78, 5) is 24.3. The number of carbonyl (C=O) groups is 1. The van der Waals surface area contributed by atoms with E-state index in [1.54, 1.807) is 36.4 Å². The van der Waals surface area contributed by atoms with Gasteiger partial charge in [0.2, 0.25) is 0 Å². The molecule has 2 heterocycles. The average Bonchev–Trinajstić information content (AvgIpc) is 2.99. The molecular formula is C21H18ClN5O. The van der Waals surface area contributed by atoms with Crippen LogP contribution in [-0.4, -0.2) is 20.9 Å². The van der Waals surface area contributed by atoms with Crippen molar-refractivity contribution in [2.45, 2.75) is 13.8 Å². The molecule has 0 aliphatic heterocycles. The molecule has 7 heteroatoms. The lowest BCUT2D eigenvalue weighted by molar-refractivity contribution is 0.102. The van der Waals surface area contributed by atoms with Crippen LogP contribution in [0.4, 0.5) is 17.2 Å². The molecule has 140 valence electrons. The maximum Gasteiger partial charge on any atom is 0.255 e. The Bertz CT molecular complexity index is 1150. The lowest BCUT2D eigenvalue weighted by Gasteiger charge is -2.09. The van der Waals surface area contributed by atoms with Gasteiger partial charge in [-0.05, 0) is 67.9 Å². The molecule has 6 nitrogen and oxygen atoms in total. The average molecular weight is 392 g/mol. The highest BCUT2D eigenvalue weighted by Crippen LogP contribution is 2.27. The first-order valence-corrected chi connectivity index (χ1v) is 9.13. The molecule has 0 aliphatic rings. The van der Waals surface area contributed by atoms with E-state index < -0.39 is 0 Å². The van der Waals surface area contributed by atoms with Gasteiger partial charge in [-0.25, -0.2) is 9.97 Å². The number of H-pyrrole nitrogens is 1. The quantitative estimate of drug-likeness (QED) is 0.445. The highest BCUT2D eigenvalue weighted by Gasteiger charge is 2.12. The molecule has 0 unspecified atom stereocenters. The SMILES string of the molecule is Cc1[nH]c2ncnc(Nc3ccc(C(=O)Nc4ccc(Cl)cc4)cc3)c2c1C. The molecule has 2 aromatic carbocycles. The zero-order chi connectivity index (χ0) is 19.7. The number of aryl methyl sites for hydroxylation is 2. The number of carbonyl (C=O) groups excluding carboxylic acids is 1. The number of rotatable bonds is 4. The van der Waals surface area contributed by atoms with Gasteiger partial charge in [-0.3, -0.25) is 4.79 Å². The molecule has 1 amide bonds. The Morgan fingerprint density at radius 1 is 0.964 bits per heavy atom. The summed E-state index contributed by atoms with van der Waals surface area (Å²) in [5, 5.41) is 7.74. The van der Waals surface area contributed by atoms with Crippen molar-refractivity contribution >= 4 is 45.7 Å². The minimum absolute atomic E-state index is 0.185. The van der Waals surface area contributed by atoms with Gasteiger partial charge in [0.1, 0.15) is 17.8 Å². The van der Waals surface area contributed by atoms with Crippen LogP contribution < -0.4 is 10.6 Å². The fraction of sp³-hybridized carbons (Fsp3) is 0.0952. The summed E-state index contributed by atoms with van der Waals surface area (Å²) in [6.07, 6.45) is 1.52. The van der Waals surface area contributed by atoms with Crippen LogP contribution in [0.3, 0.4) is 0 Å². The molecule has 0 bridgehead atoms. The Morgan fingerprint density at radius 3 is 2.36 bits per heavy atom. The third-order valence-corrected chi connectivity index (χ3v) is 4.85. The molecule has 0 aliphatic carbocycles. The maximum atomic E-state index is 12.4. The summed E-state index contributed by atoms with van der Waals surface area (Å²) in [6.45, 7) is 4.04. The molecular weight excluding hydrogens is 374 g/mol. The van der Waals surface area contributed by atoms with Crippen LogP contribution in [0.25, 0.3) is 11.0 Å². The topological polar surface area (TPSA) is 82.7 Å². The van der Waals surface area contributed by atoms with E-state index in [2.05, 4.69) is 25.6 Å². The molecule has 0 saturated heterocycles. The molecule has 2 aromatic heterocycles. The smallest absolute Gasteiger partial charge is 0.255 e. The van der Waals surface area contributed by atoms with Gasteiger partial charge in [0.15, 0.2) is 0 Å². The van der Waals surface area contributed by atoms with Gasteiger partial charge in [0, 0.05) is 27.7 Å². The number of fused-ring (bicyclic) bond motifs is 1. The van der Waals surface area contributed by atoms with E-state index in [0.717, 1.165) is 33.8 Å². The van der Waals surface area contributed by atoms with Gasteiger partial charge in [-0.15, -0.1) is 0 Å². The van der Waals surface area contributed by atoms with Gasteiger partial charge < -0.3 is 15.6 Å². The first-order valence-electron chi connectivity index (χ1n) is 8.75. The molecule has 0 saturated carbocycles. The van der Waals surface area contributed by atoms with Crippen LogP contribution in [0.1, 0.15) is 21.6 Å². The minimum Gasteiger partial charge on any atom is -0.343 e. The standard InChI is InChI=1S/C21H18ClN5O/c1-12-13(2)25-19-18(12)20(24-11-23-19)26-16-7-3-14(4-8-16)21(28)27-17-9-5-15(22)6-10-17/h3-11H,1-2H3,(H,27,28)(H2,23,24,25,26). The van der Waals surface area contributed by atoms with Gasteiger partial charge in [-0.2, -0.15) is 0 Å². The number of nitrogens with zero attached hydrogens (tertiary/aromatic N) is 2. The van der Waals surface area contributed by atoms with Crippen molar-refractivity contribution in [3.63, 3.8) is 0 Å². The molecule has 0 atom stereocenters. The maximum absolute atomic E-state index is 12.4. The molecule has 4 rings (SSSR count). The minimum atomic E-state index is -0.185. The number of hydrogen-bond donors (Lipinski definition) is 3. The zero-order valence-corrected chi connectivity index (χ0v) is 16.1. The number of anilines is 3. The van der Waals surface area contributed by atoms with E-state index >= 15 is 0 Å². The molecule has 28 heavy (non-hydrogen) atoms. The van der Waals surface area contributed by atoms with Crippen molar-refractivity contribution < 1.29 is 4.79 Å². The summed E-state index contributed by atoms with van der Waals surface area (Å²) in [5.74, 6) is 0.542. The Morgan fingerprint density at radius 2 is 1.64 bits per heavy atom. The molecule has 0 fully saturated rings. The second kappa shape index (κ2) is 7.32. The van der Waals surface area contributed by atoms with Gasteiger partial charge in [0.05, 0.1) is 5.39 Å². The lowest BCUT2D eigenvalue weighted by Crippen LogP contribution is -2.11. The van der Waals surface area contributed by atoms with Crippen LogP contribution >= 0.6 is 11.6 Å². The number of nitrogens with one attached hydrogen (secondary N) is 3. The monoisotopic (exact) mass is 391 g/mol. The zero-order valence-electron chi connectivity index (χ0n) is 15.4. The normalized spacial score (nSPS) is 10.8. The second-order valence-corrected chi connectivity index (χ2v) is 6.92. The van der Waals surface area contributed by atoms with Crippen LogP contribution in [-0.2, 0) is 0 Å². The van der Waals surface area contributed by atoms with E-state index in [0.29, 0.717) is 16.3 Å². The predicted octanol–water partition coefficient (Wildman–Crippen LogP) is 5.22. The highest BCUT2D eigenvalue weighted by atomic mass is 35.5. The first kappa shape index (κ1) is 18.0. The molecule has 0 spiro atoms. The van der Waals surface area contributed by atoms with E-state index in [1.165, 1.54) is 6.33 Å². The Hall–Kier alpha value is -3.38. The number of benzene rings is 2. The van der Waals surface area contributed by atoms with Gasteiger partial charge >= 0.3 is 0 Å². The first-order chi connectivity index (χ1) is 13.5. The molecule has 3 N–H and O–H groups in total. The number of amides is 1. The Labute approximate surface area is 167 Å². The van der Waals surface area contributed by atoms with Crippen LogP contribution in [0.2, 0.25) is 5.02 Å². The van der Waals surface area contributed by atoms with Gasteiger partial charge in [-0.1, -0.05) is 11.6 Å². The van der Waals surface area contributed by atoms with Crippen molar-refractivity contribution in [2.24, 2.45) is 0 Å². The fourth-order valence-corrected chi connectivity index (χ4v) is 3.09. The largest absolute Gasteiger partial charge is 0.343 e. The Balaban J connectivity index is 1.52. The lowest BCUT2D eigenvalue weighted by atomic mass is 10.1. The predicted molar refractivity (Wildman–Crippen MR) is 112 cm³/mol. The van der Waals surface area contributed by atoms with Crippen LogP contribution in [0.15, 0.2) is 54.9 Å². The van der Waals surface area contributed by atoms with E-state index in [4.69, 9.17) is 11.6 Å². The number of aromatic amines is 1. The summed E-state index contributed by atoms with van der Waals surface area (Å²) < 4.78 is 0. The van der Waals surface area contributed by atoms with E-state index in [1.807, 2.05) is 26.0 Å². The number of aromatic nitrogens is 3. The van der Waals surface area contributed by atoms with Crippen molar-refractivity contribution in [3.8, 4) is 0 Å². The summed E-state index contributed by atoms with van der Waals surface area (Å²) >= 11 is 5.87. The number of hydrogen-bond acceptors (Lipinski definition) is 4. The summed E-state index contributed by atoms with van der Waals surface area (Å²) in [7, 11) is 0. The van der Waals surface area contributed by atoms with Crippen molar-refractivity contribution in [1.29, 1.82) is 0 Å². The summed E-state index contributed by atoms with van der Waals surface area (Å²) in [5.41, 5.74) is 5.05. The van der Waals surface area contributed by atoms with Crippen molar-refractivity contribution in [3.05, 3.63) is 76.7 Å². The highest BCUT2D eigenvalue weighted by molar-refractivity contribution is 6.30. The Kier molecular flexibility index (Phi) is 4.71. The molecule has 0 radical (unpaired) electrons. The van der Waals surface area contributed by atoms with Gasteiger partial charge in [0.25, 0.3) is 5.91 Å². The third kappa shape index (κ3) is 3.54. The number of halogens is 1.